The number of nitrogens with one attached hydrogen (secondary N) is 1. The van der Waals surface area contributed by atoms with E-state index in [0.29, 0.717) is 0 Å². The fourth-order valence-corrected chi connectivity index (χ4v) is 1.57. The zero-order valence-electron chi connectivity index (χ0n) is 7.08. The van der Waals surface area contributed by atoms with Gasteiger partial charge < -0.3 is 4.90 Å². The minimum atomic E-state index is 1.04. The molecule has 1 fully saturated rings. The Balaban J connectivity index is 2.09. The van der Waals surface area contributed by atoms with Gasteiger partial charge in [0, 0.05) is 19.3 Å². The van der Waals surface area contributed by atoms with Gasteiger partial charge in [-0.15, -0.1) is 0 Å². The van der Waals surface area contributed by atoms with Gasteiger partial charge in [-0.1, -0.05) is 6.58 Å². The lowest BCUT2D eigenvalue weighted by Gasteiger charge is -2.18. The van der Waals surface area contributed by atoms with Crippen molar-refractivity contribution in [2.75, 3.05) is 13.1 Å². The molecule has 64 valence electrons. The third-order valence-electron chi connectivity index (χ3n) is 2.30. The van der Waals surface area contributed by atoms with Gasteiger partial charge >= 0.3 is 0 Å². The second-order valence-corrected chi connectivity index (χ2v) is 3.11. The van der Waals surface area contributed by atoms with Crippen molar-refractivity contribution in [1.82, 2.24) is 15.1 Å². The van der Waals surface area contributed by atoms with Gasteiger partial charge in [-0.2, -0.15) is 5.10 Å². The van der Waals surface area contributed by atoms with Gasteiger partial charge in [-0.3, -0.25) is 5.10 Å². The lowest BCUT2D eigenvalue weighted by atomic mass is 10.3. The maximum atomic E-state index is 4.03. The van der Waals surface area contributed by atoms with Crippen molar-refractivity contribution in [1.29, 1.82) is 0 Å². The molecule has 0 amide bonds. The molecule has 0 aliphatic carbocycles. The Bertz CT molecular complexity index is 257. The first-order chi connectivity index (χ1) is 5.88. The number of hydrogen-bond acceptors (Lipinski definition) is 2. The molecule has 0 atom stereocenters. The van der Waals surface area contributed by atoms with E-state index in [9.17, 15) is 0 Å². The van der Waals surface area contributed by atoms with Crippen LogP contribution in [0.1, 0.15) is 18.5 Å². The quantitative estimate of drug-likeness (QED) is 0.716. The first-order valence-electron chi connectivity index (χ1n) is 4.31. The topological polar surface area (TPSA) is 31.9 Å². The van der Waals surface area contributed by atoms with Gasteiger partial charge in [0.15, 0.2) is 0 Å². The predicted molar refractivity (Wildman–Crippen MR) is 48.4 cm³/mol. The van der Waals surface area contributed by atoms with Crippen molar-refractivity contribution in [3.8, 4) is 0 Å². The lowest BCUT2D eigenvalue weighted by molar-refractivity contribution is 0.492. The summed E-state index contributed by atoms with van der Waals surface area (Å²) in [5, 5.41) is 6.82. The van der Waals surface area contributed by atoms with E-state index in [1.807, 2.05) is 6.07 Å². The fourth-order valence-electron chi connectivity index (χ4n) is 1.57. The maximum Gasteiger partial charge on any atom is 0.0805 e. The molecular weight excluding hydrogens is 150 g/mol. The lowest BCUT2D eigenvalue weighted by Crippen LogP contribution is -2.16. The molecule has 1 N–H and O–H groups in total. The van der Waals surface area contributed by atoms with Crippen LogP contribution < -0.4 is 0 Å². The van der Waals surface area contributed by atoms with Gasteiger partial charge in [-0.05, 0) is 18.9 Å². The third kappa shape index (κ3) is 1.22. The van der Waals surface area contributed by atoms with Crippen molar-refractivity contribution in [2.24, 2.45) is 0 Å². The van der Waals surface area contributed by atoms with Crippen LogP contribution >= 0.6 is 0 Å². The number of H-pyrrole nitrogens is 1. The number of likely N-dealkylation sites (tertiary alicyclic amines) is 1. The molecule has 3 heteroatoms. The number of aromatic amines is 1. The maximum absolute atomic E-state index is 4.03. The highest BCUT2D eigenvalue weighted by molar-refractivity contribution is 5.57. The Morgan fingerprint density at radius 3 is 2.83 bits per heavy atom. The molecule has 0 saturated carbocycles. The van der Waals surface area contributed by atoms with E-state index in [0.717, 1.165) is 24.5 Å². The molecule has 0 aromatic carbocycles. The SMILES string of the molecule is C=C(c1ccn[nH]1)N1CCCC1. The number of hydrogen-bond donors (Lipinski definition) is 1. The summed E-state index contributed by atoms with van der Waals surface area (Å²) in [5.74, 6) is 0. The molecular formula is C9H13N3. The van der Waals surface area contributed by atoms with E-state index in [4.69, 9.17) is 0 Å². The number of aromatic nitrogens is 2. The van der Waals surface area contributed by atoms with E-state index in [2.05, 4.69) is 21.7 Å². The van der Waals surface area contributed by atoms with Crippen LogP contribution in [-0.2, 0) is 0 Å². The van der Waals surface area contributed by atoms with Crippen molar-refractivity contribution < 1.29 is 0 Å². The Morgan fingerprint density at radius 1 is 1.50 bits per heavy atom. The smallest absolute Gasteiger partial charge is 0.0805 e. The van der Waals surface area contributed by atoms with E-state index >= 15 is 0 Å². The zero-order chi connectivity index (χ0) is 8.39. The van der Waals surface area contributed by atoms with Crippen LogP contribution in [0.5, 0.6) is 0 Å². The minimum absolute atomic E-state index is 1.04. The van der Waals surface area contributed by atoms with Crippen LogP contribution in [-0.4, -0.2) is 28.2 Å². The summed E-state index contributed by atoms with van der Waals surface area (Å²) < 4.78 is 0. The molecule has 1 aliphatic heterocycles. The molecule has 12 heavy (non-hydrogen) atoms. The summed E-state index contributed by atoms with van der Waals surface area (Å²) in [6, 6.07) is 1.96. The normalized spacial score (nSPS) is 16.8. The Labute approximate surface area is 72.1 Å². The van der Waals surface area contributed by atoms with Crippen LogP contribution in [0.25, 0.3) is 5.70 Å². The minimum Gasteiger partial charge on any atom is -0.370 e. The standard InChI is InChI=1S/C9H13N3/c1-8(9-4-5-10-11-9)12-6-2-3-7-12/h4-5H,1-3,6-7H2,(H,10,11). The highest BCUT2D eigenvalue weighted by atomic mass is 15.2. The van der Waals surface area contributed by atoms with Gasteiger partial charge in [0.1, 0.15) is 0 Å². The largest absolute Gasteiger partial charge is 0.370 e. The summed E-state index contributed by atoms with van der Waals surface area (Å²) in [7, 11) is 0. The molecule has 3 nitrogen and oxygen atoms in total. The molecule has 0 radical (unpaired) electrons. The van der Waals surface area contributed by atoms with Crippen LogP contribution in [0.3, 0.4) is 0 Å². The predicted octanol–water partition coefficient (Wildman–Crippen LogP) is 1.48. The highest BCUT2D eigenvalue weighted by Gasteiger charge is 2.14. The van der Waals surface area contributed by atoms with E-state index in [-0.39, 0.29) is 0 Å². The van der Waals surface area contributed by atoms with Crippen LogP contribution in [0.4, 0.5) is 0 Å². The molecule has 0 spiro atoms. The Morgan fingerprint density at radius 2 is 2.25 bits per heavy atom. The van der Waals surface area contributed by atoms with E-state index in [1.165, 1.54) is 12.8 Å². The average Bonchev–Trinajstić information content (AvgIpc) is 2.77. The molecule has 2 heterocycles. The van der Waals surface area contributed by atoms with Gasteiger partial charge in [0.25, 0.3) is 0 Å². The molecule has 1 saturated heterocycles. The van der Waals surface area contributed by atoms with Gasteiger partial charge in [0.2, 0.25) is 0 Å². The van der Waals surface area contributed by atoms with Crippen LogP contribution in [0, 0.1) is 0 Å². The first-order valence-corrected chi connectivity index (χ1v) is 4.31. The molecule has 1 aliphatic rings. The summed E-state index contributed by atoms with van der Waals surface area (Å²) in [5.41, 5.74) is 2.11. The van der Waals surface area contributed by atoms with Crippen molar-refractivity contribution in [3.05, 3.63) is 24.5 Å². The summed E-state index contributed by atoms with van der Waals surface area (Å²) >= 11 is 0. The molecule has 0 unspecified atom stereocenters. The molecule has 1 aromatic rings. The molecule has 0 bridgehead atoms. The summed E-state index contributed by atoms with van der Waals surface area (Å²) in [4.78, 5) is 2.30. The van der Waals surface area contributed by atoms with Crippen molar-refractivity contribution in [2.45, 2.75) is 12.8 Å². The second kappa shape index (κ2) is 3.01. The van der Waals surface area contributed by atoms with Crippen molar-refractivity contribution >= 4 is 5.70 Å². The fraction of sp³-hybridized carbons (Fsp3) is 0.444. The van der Waals surface area contributed by atoms with Crippen LogP contribution in [0.2, 0.25) is 0 Å². The third-order valence-corrected chi connectivity index (χ3v) is 2.30. The molecule has 2 rings (SSSR count). The monoisotopic (exact) mass is 163 g/mol. The van der Waals surface area contributed by atoms with Crippen LogP contribution in [0.15, 0.2) is 18.8 Å². The first kappa shape index (κ1) is 7.40. The summed E-state index contributed by atoms with van der Waals surface area (Å²) in [6.45, 7) is 6.31. The Hall–Kier alpha value is -1.25. The summed E-state index contributed by atoms with van der Waals surface area (Å²) in [6.07, 6.45) is 4.33. The van der Waals surface area contributed by atoms with E-state index in [1.54, 1.807) is 6.20 Å². The second-order valence-electron chi connectivity index (χ2n) is 3.11. The zero-order valence-corrected chi connectivity index (χ0v) is 7.08. The van der Waals surface area contributed by atoms with Gasteiger partial charge in [0.05, 0.1) is 11.4 Å². The Kier molecular flexibility index (Phi) is 1.86. The van der Waals surface area contributed by atoms with Crippen molar-refractivity contribution in [3.63, 3.8) is 0 Å². The molecule has 1 aromatic heterocycles. The number of rotatable bonds is 2. The van der Waals surface area contributed by atoms with Gasteiger partial charge in [-0.25, -0.2) is 0 Å². The average molecular weight is 163 g/mol. The number of nitrogens with zero attached hydrogens (tertiary/aromatic N) is 2. The highest BCUT2D eigenvalue weighted by Crippen LogP contribution is 2.19. The van der Waals surface area contributed by atoms with E-state index < -0.39 is 0 Å².